The fourth-order valence-electron chi connectivity index (χ4n) is 5.09. The standard InChI is InChI=1S/C27H33N5O4/c1-3-36-27(35)19-10-8-13-31(17-19)24-22(26(34)32-14-7-9-18(2)23(32)30-24)15-20(16-28)25(33)29-21-11-5-4-6-12-21/h7,9,14-15,19,21H,3-6,8,10-13,17H2,1-2H3,(H,29,33)/b20-15+/t19-/m1/s1. The number of aryl methyl sites for hydroxylation is 1. The summed E-state index contributed by atoms with van der Waals surface area (Å²) in [5, 5.41) is 12.8. The molecule has 1 atom stereocenters. The Hall–Kier alpha value is -3.67. The predicted octanol–water partition coefficient (Wildman–Crippen LogP) is 3.14. The van der Waals surface area contributed by atoms with E-state index in [9.17, 15) is 19.6 Å². The summed E-state index contributed by atoms with van der Waals surface area (Å²) in [5.41, 5.74) is 0.986. The fraction of sp³-hybridized carbons (Fsp3) is 0.519. The Morgan fingerprint density at radius 3 is 2.75 bits per heavy atom. The molecule has 1 amide bonds. The van der Waals surface area contributed by atoms with Crippen LogP contribution in [0.25, 0.3) is 11.7 Å². The summed E-state index contributed by atoms with van der Waals surface area (Å²) in [6.45, 7) is 4.90. The van der Waals surface area contributed by atoms with Crippen molar-refractivity contribution < 1.29 is 14.3 Å². The van der Waals surface area contributed by atoms with Crippen LogP contribution in [0.3, 0.4) is 0 Å². The van der Waals surface area contributed by atoms with Gasteiger partial charge in [-0.15, -0.1) is 0 Å². The highest BCUT2D eigenvalue weighted by molar-refractivity contribution is 6.02. The molecule has 0 radical (unpaired) electrons. The lowest BCUT2D eigenvalue weighted by Gasteiger charge is -2.33. The predicted molar refractivity (Wildman–Crippen MR) is 136 cm³/mol. The molecule has 0 bridgehead atoms. The lowest BCUT2D eigenvalue weighted by Crippen LogP contribution is -2.41. The number of ether oxygens (including phenoxy) is 1. The third-order valence-electron chi connectivity index (χ3n) is 7.00. The molecule has 1 aliphatic heterocycles. The first-order chi connectivity index (χ1) is 17.4. The van der Waals surface area contributed by atoms with Gasteiger partial charge in [0.05, 0.1) is 18.1 Å². The van der Waals surface area contributed by atoms with E-state index >= 15 is 0 Å². The third kappa shape index (κ3) is 5.43. The van der Waals surface area contributed by atoms with Gasteiger partial charge in [-0.1, -0.05) is 25.3 Å². The molecule has 1 saturated heterocycles. The molecule has 2 aromatic rings. The maximum atomic E-state index is 13.6. The summed E-state index contributed by atoms with van der Waals surface area (Å²) in [4.78, 5) is 45.8. The van der Waals surface area contributed by atoms with Crippen molar-refractivity contribution in [3.05, 3.63) is 45.4 Å². The zero-order chi connectivity index (χ0) is 25.7. The molecule has 0 aromatic carbocycles. The van der Waals surface area contributed by atoms with Crippen LogP contribution in [0.4, 0.5) is 5.82 Å². The number of esters is 1. The van der Waals surface area contributed by atoms with Gasteiger partial charge in [0.25, 0.3) is 11.5 Å². The van der Waals surface area contributed by atoms with Gasteiger partial charge in [0.1, 0.15) is 23.1 Å². The smallest absolute Gasteiger partial charge is 0.310 e. The summed E-state index contributed by atoms with van der Waals surface area (Å²) < 4.78 is 6.67. The van der Waals surface area contributed by atoms with Gasteiger partial charge in [-0.3, -0.25) is 18.8 Å². The van der Waals surface area contributed by atoms with Crippen molar-refractivity contribution in [3.8, 4) is 6.07 Å². The van der Waals surface area contributed by atoms with Crippen molar-refractivity contribution in [2.45, 2.75) is 64.8 Å². The number of hydrogen-bond donors (Lipinski definition) is 1. The van der Waals surface area contributed by atoms with Crippen molar-refractivity contribution in [3.63, 3.8) is 0 Å². The second-order valence-electron chi connectivity index (χ2n) is 9.55. The molecular formula is C27H33N5O4. The second-order valence-corrected chi connectivity index (χ2v) is 9.55. The average Bonchev–Trinajstić information content (AvgIpc) is 2.89. The van der Waals surface area contributed by atoms with Crippen molar-refractivity contribution >= 4 is 29.4 Å². The maximum absolute atomic E-state index is 13.6. The summed E-state index contributed by atoms with van der Waals surface area (Å²) in [5.74, 6) is -0.705. The molecule has 1 N–H and O–H groups in total. The zero-order valence-corrected chi connectivity index (χ0v) is 21.0. The zero-order valence-electron chi connectivity index (χ0n) is 21.0. The lowest BCUT2D eigenvalue weighted by atomic mass is 9.95. The van der Waals surface area contributed by atoms with Crippen LogP contribution in [-0.4, -0.2) is 47.0 Å². The molecule has 0 spiro atoms. The average molecular weight is 492 g/mol. The first-order valence-corrected chi connectivity index (χ1v) is 12.8. The molecule has 2 fully saturated rings. The summed E-state index contributed by atoms with van der Waals surface area (Å²) >= 11 is 0. The van der Waals surface area contributed by atoms with E-state index in [0.29, 0.717) is 37.6 Å². The van der Waals surface area contributed by atoms with E-state index in [2.05, 4.69) is 5.32 Å². The van der Waals surface area contributed by atoms with E-state index in [-0.39, 0.29) is 34.6 Å². The Morgan fingerprint density at radius 1 is 1.25 bits per heavy atom. The topological polar surface area (TPSA) is 117 Å². The van der Waals surface area contributed by atoms with Crippen LogP contribution in [0.2, 0.25) is 0 Å². The molecule has 0 unspecified atom stereocenters. The van der Waals surface area contributed by atoms with Crippen molar-refractivity contribution in [2.24, 2.45) is 5.92 Å². The fourth-order valence-corrected chi connectivity index (χ4v) is 5.09. The van der Waals surface area contributed by atoms with E-state index in [1.54, 1.807) is 19.2 Å². The van der Waals surface area contributed by atoms with E-state index < -0.39 is 5.91 Å². The minimum absolute atomic E-state index is 0.0355. The Labute approximate surface area is 210 Å². The molecule has 1 saturated carbocycles. The summed E-state index contributed by atoms with van der Waals surface area (Å²) in [6.07, 6.45) is 9.43. The van der Waals surface area contributed by atoms with Crippen LogP contribution in [0, 0.1) is 24.2 Å². The number of carbonyl (C=O) groups excluding carboxylic acids is 2. The van der Waals surface area contributed by atoms with Gasteiger partial charge in [-0.25, -0.2) is 4.98 Å². The van der Waals surface area contributed by atoms with E-state index in [4.69, 9.17) is 9.72 Å². The van der Waals surface area contributed by atoms with Gasteiger partial charge in [-0.2, -0.15) is 5.26 Å². The minimum Gasteiger partial charge on any atom is -0.466 e. The largest absolute Gasteiger partial charge is 0.466 e. The SMILES string of the molecule is CCOC(=O)[C@@H]1CCCN(c2nc3c(C)cccn3c(=O)c2/C=C(\C#N)C(=O)NC2CCCCC2)C1. The van der Waals surface area contributed by atoms with Gasteiger partial charge in [0, 0.05) is 25.3 Å². The van der Waals surface area contributed by atoms with Crippen LogP contribution >= 0.6 is 0 Å². The third-order valence-corrected chi connectivity index (χ3v) is 7.00. The molecular weight excluding hydrogens is 458 g/mol. The quantitative estimate of drug-likeness (QED) is 0.375. The highest BCUT2D eigenvalue weighted by Crippen LogP contribution is 2.27. The number of amides is 1. The van der Waals surface area contributed by atoms with Crippen molar-refractivity contribution in [1.29, 1.82) is 5.26 Å². The number of aromatic nitrogens is 2. The Balaban J connectivity index is 1.76. The van der Waals surface area contributed by atoms with E-state index in [1.165, 1.54) is 10.5 Å². The van der Waals surface area contributed by atoms with Crippen LogP contribution in [-0.2, 0) is 14.3 Å². The Bertz CT molecular complexity index is 1270. The lowest BCUT2D eigenvalue weighted by molar-refractivity contribution is -0.148. The first kappa shape index (κ1) is 25.4. The van der Waals surface area contributed by atoms with Crippen LogP contribution < -0.4 is 15.8 Å². The highest BCUT2D eigenvalue weighted by Gasteiger charge is 2.30. The Morgan fingerprint density at radius 2 is 2.03 bits per heavy atom. The molecule has 9 nitrogen and oxygen atoms in total. The van der Waals surface area contributed by atoms with Gasteiger partial charge in [-0.05, 0) is 57.2 Å². The molecule has 9 heteroatoms. The monoisotopic (exact) mass is 491 g/mol. The number of nitrogens with zero attached hydrogens (tertiary/aromatic N) is 4. The van der Waals surface area contributed by atoms with Crippen molar-refractivity contribution in [1.82, 2.24) is 14.7 Å². The molecule has 2 aliphatic rings. The highest BCUT2D eigenvalue weighted by atomic mass is 16.5. The number of rotatable bonds is 6. The number of piperidine rings is 1. The van der Waals surface area contributed by atoms with Gasteiger partial charge in [0.15, 0.2) is 0 Å². The normalized spacial score (nSPS) is 19.1. The number of anilines is 1. The first-order valence-electron chi connectivity index (χ1n) is 12.8. The van der Waals surface area contributed by atoms with E-state index in [1.807, 2.05) is 24.0 Å². The number of nitriles is 1. The second kappa shape index (κ2) is 11.4. The number of nitrogens with one attached hydrogen (secondary N) is 1. The van der Waals surface area contributed by atoms with Crippen LogP contribution in [0.5, 0.6) is 0 Å². The van der Waals surface area contributed by atoms with Crippen LogP contribution in [0.1, 0.15) is 63.0 Å². The van der Waals surface area contributed by atoms with Gasteiger partial charge < -0.3 is 15.0 Å². The molecule has 1 aliphatic carbocycles. The van der Waals surface area contributed by atoms with E-state index in [0.717, 1.165) is 44.1 Å². The molecule has 2 aromatic heterocycles. The van der Waals surface area contributed by atoms with Gasteiger partial charge in [0.2, 0.25) is 0 Å². The molecule has 190 valence electrons. The minimum atomic E-state index is -0.480. The summed E-state index contributed by atoms with van der Waals surface area (Å²) in [7, 11) is 0. The van der Waals surface area contributed by atoms with Gasteiger partial charge >= 0.3 is 5.97 Å². The molecule has 36 heavy (non-hydrogen) atoms. The number of pyridine rings is 1. The number of hydrogen-bond acceptors (Lipinski definition) is 7. The maximum Gasteiger partial charge on any atom is 0.310 e. The summed E-state index contributed by atoms with van der Waals surface area (Å²) in [6, 6.07) is 5.65. The molecule has 3 heterocycles. The molecule has 4 rings (SSSR count). The number of carbonyl (C=O) groups is 2. The van der Waals surface area contributed by atoms with Crippen LogP contribution in [0.15, 0.2) is 28.7 Å². The van der Waals surface area contributed by atoms with Crippen molar-refractivity contribution in [2.75, 3.05) is 24.6 Å². The number of fused-ring (bicyclic) bond motifs is 1. The Kier molecular flexibility index (Phi) is 8.04.